The van der Waals surface area contributed by atoms with Crippen LogP contribution in [0.1, 0.15) is 42.6 Å². The van der Waals surface area contributed by atoms with Crippen LogP contribution in [0.25, 0.3) is 0 Å². The minimum Gasteiger partial charge on any atom is -0.495 e. The molecule has 1 aliphatic carbocycles. The van der Waals surface area contributed by atoms with Crippen LogP contribution in [-0.2, 0) is 4.79 Å². The Morgan fingerprint density at radius 2 is 1.88 bits per heavy atom. The van der Waals surface area contributed by atoms with Crippen molar-refractivity contribution in [1.82, 2.24) is 20.1 Å². The second-order valence-electron chi connectivity index (χ2n) is 8.33. The van der Waals surface area contributed by atoms with Crippen LogP contribution in [0.4, 0.5) is 10.8 Å². The number of rotatable bonds is 7. The molecule has 2 aromatic rings. The Balaban J connectivity index is 1.25. The van der Waals surface area contributed by atoms with Crippen molar-refractivity contribution in [2.24, 2.45) is 0 Å². The van der Waals surface area contributed by atoms with Gasteiger partial charge in [0.2, 0.25) is 5.91 Å². The number of hydrogen-bond acceptors (Lipinski definition) is 7. The predicted octanol–water partition coefficient (Wildman–Crippen LogP) is 3.10. The third-order valence-electron chi connectivity index (χ3n) is 6.07. The van der Waals surface area contributed by atoms with Gasteiger partial charge in [0.15, 0.2) is 5.13 Å². The number of carbonyl (C=O) groups excluding carboxylic acids is 2. The summed E-state index contributed by atoms with van der Waals surface area (Å²) in [6, 6.07) is 7.93. The highest BCUT2D eigenvalue weighted by molar-refractivity contribution is 7.14. The lowest BCUT2D eigenvalue weighted by atomic mass is 9.95. The summed E-state index contributed by atoms with van der Waals surface area (Å²) in [5.41, 5.74) is 1.25. The average molecular weight is 458 g/mol. The first-order chi connectivity index (χ1) is 15.6. The number of methoxy groups -OCH3 is 1. The molecule has 2 N–H and O–H groups in total. The van der Waals surface area contributed by atoms with Gasteiger partial charge in [0.05, 0.1) is 19.3 Å². The SMILES string of the molecule is COc1ccccc1Nc1nc(C(=O)N2CCN(CC(=O)NC3CCCCC3)CC2)cs1. The number of hydrogen-bond donors (Lipinski definition) is 2. The molecule has 0 atom stereocenters. The van der Waals surface area contributed by atoms with E-state index in [4.69, 9.17) is 4.74 Å². The summed E-state index contributed by atoms with van der Waals surface area (Å²) < 4.78 is 5.35. The zero-order valence-corrected chi connectivity index (χ0v) is 19.3. The fourth-order valence-corrected chi connectivity index (χ4v) is 4.98. The molecule has 8 nitrogen and oxygen atoms in total. The number of amides is 2. The molecule has 2 fully saturated rings. The summed E-state index contributed by atoms with van der Waals surface area (Å²) in [7, 11) is 1.62. The van der Waals surface area contributed by atoms with Gasteiger partial charge in [0.1, 0.15) is 11.4 Å². The second-order valence-corrected chi connectivity index (χ2v) is 9.19. The third-order valence-corrected chi connectivity index (χ3v) is 6.83. The Morgan fingerprint density at radius 3 is 2.62 bits per heavy atom. The van der Waals surface area contributed by atoms with Gasteiger partial charge in [0, 0.05) is 37.6 Å². The van der Waals surface area contributed by atoms with Crippen molar-refractivity contribution in [1.29, 1.82) is 0 Å². The van der Waals surface area contributed by atoms with Crippen molar-refractivity contribution in [3.63, 3.8) is 0 Å². The van der Waals surface area contributed by atoms with Crippen LogP contribution < -0.4 is 15.4 Å². The van der Waals surface area contributed by atoms with Gasteiger partial charge in [-0.3, -0.25) is 14.5 Å². The fourth-order valence-electron chi connectivity index (χ4n) is 4.29. The lowest BCUT2D eigenvalue weighted by Gasteiger charge is -2.34. The highest BCUT2D eigenvalue weighted by Gasteiger charge is 2.25. The van der Waals surface area contributed by atoms with Crippen LogP contribution in [0.2, 0.25) is 0 Å². The number of nitrogens with one attached hydrogen (secondary N) is 2. The molecule has 9 heteroatoms. The maximum atomic E-state index is 12.9. The molecular formula is C23H31N5O3S. The normalized spacial score (nSPS) is 17.7. The molecular weight excluding hydrogens is 426 g/mol. The number of aromatic nitrogens is 1. The monoisotopic (exact) mass is 457 g/mol. The first-order valence-corrected chi connectivity index (χ1v) is 12.2. The van der Waals surface area contributed by atoms with E-state index in [-0.39, 0.29) is 11.8 Å². The highest BCUT2D eigenvalue weighted by atomic mass is 32.1. The Labute approximate surface area is 193 Å². The summed E-state index contributed by atoms with van der Waals surface area (Å²) in [5.74, 6) is 0.753. The molecule has 1 saturated carbocycles. The van der Waals surface area contributed by atoms with Crippen molar-refractivity contribution in [3.8, 4) is 5.75 Å². The first kappa shape index (κ1) is 22.5. The summed E-state index contributed by atoms with van der Waals surface area (Å²) >= 11 is 1.39. The van der Waals surface area contributed by atoms with Gasteiger partial charge in [0.25, 0.3) is 5.91 Å². The molecule has 32 heavy (non-hydrogen) atoms. The standard InChI is InChI=1S/C23H31N5O3S/c1-31-20-10-6-5-9-18(20)25-23-26-19(16-32-23)22(30)28-13-11-27(12-14-28)15-21(29)24-17-7-3-2-4-8-17/h5-6,9-10,16-17H,2-4,7-8,11-15H2,1H3,(H,24,29)(H,25,26). The number of carbonyl (C=O) groups is 2. The smallest absolute Gasteiger partial charge is 0.273 e. The van der Waals surface area contributed by atoms with E-state index in [1.165, 1.54) is 30.6 Å². The van der Waals surface area contributed by atoms with Gasteiger partial charge in [-0.2, -0.15) is 0 Å². The number of nitrogens with zero attached hydrogens (tertiary/aromatic N) is 3. The van der Waals surface area contributed by atoms with E-state index in [0.29, 0.717) is 49.6 Å². The van der Waals surface area contributed by atoms with Gasteiger partial charge in [-0.05, 0) is 25.0 Å². The zero-order chi connectivity index (χ0) is 22.3. The number of thiazole rings is 1. The molecule has 2 aliphatic rings. The molecule has 1 aromatic heterocycles. The average Bonchev–Trinajstić information content (AvgIpc) is 3.28. The molecule has 0 bridgehead atoms. The van der Waals surface area contributed by atoms with Crippen molar-refractivity contribution in [2.45, 2.75) is 38.1 Å². The largest absolute Gasteiger partial charge is 0.495 e. The minimum absolute atomic E-state index is 0.0689. The van der Waals surface area contributed by atoms with E-state index in [0.717, 1.165) is 24.3 Å². The first-order valence-electron chi connectivity index (χ1n) is 11.3. The van der Waals surface area contributed by atoms with Gasteiger partial charge >= 0.3 is 0 Å². The van der Waals surface area contributed by atoms with Crippen molar-refractivity contribution in [2.75, 3.05) is 45.2 Å². The lowest BCUT2D eigenvalue weighted by molar-refractivity contribution is -0.123. The Hall–Kier alpha value is -2.65. The van der Waals surface area contributed by atoms with E-state index in [2.05, 4.69) is 20.5 Å². The van der Waals surface area contributed by atoms with Gasteiger partial charge in [-0.15, -0.1) is 11.3 Å². The molecule has 172 valence electrons. The fraction of sp³-hybridized carbons (Fsp3) is 0.522. The van der Waals surface area contributed by atoms with Gasteiger partial charge < -0.3 is 20.3 Å². The summed E-state index contributed by atoms with van der Waals surface area (Å²) in [4.78, 5) is 33.7. The summed E-state index contributed by atoms with van der Waals surface area (Å²) in [5, 5.41) is 8.82. The van der Waals surface area contributed by atoms with Gasteiger partial charge in [-0.25, -0.2) is 4.98 Å². The van der Waals surface area contributed by atoms with Crippen LogP contribution in [0, 0.1) is 0 Å². The molecule has 2 heterocycles. The zero-order valence-electron chi connectivity index (χ0n) is 18.5. The molecule has 2 amide bonds. The van der Waals surface area contributed by atoms with Crippen LogP contribution in [0.3, 0.4) is 0 Å². The second kappa shape index (κ2) is 10.8. The predicted molar refractivity (Wildman–Crippen MR) is 126 cm³/mol. The molecule has 4 rings (SSSR count). The topological polar surface area (TPSA) is 86.8 Å². The van der Waals surface area contributed by atoms with Crippen molar-refractivity contribution < 1.29 is 14.3 Å². The number of anilines is 2. The van der Waals surface area contributed by atoms with E-state index < -0.39 is 0 Å². The van der Waals surface area contributed by atoms with Crippen LogP contribution >= 0.6 is 11.3 Å². The number of ether oxygens (including phenoxy) is 1. The minimum atomic E-state index is -0.0689. The Kier molecular flexibility index (Phi) is 7.59. The Bertz CT molecular complexity index is 920. The third kappa shape index (κ3) is 5.77. The molecule has 0 spiro atoms. The quantitative estimate of drug-likeness (QED) is 0.665. The number of piperazine rings is 1. The Morgan fingerprint density at radius 1 is 1.12 bits per heavy atom. The molecule has 1 aromatic carbocycles. The van der Waals surface area contributed by atoms with Crippen molar-refractivity contribution >= 4 is 34.0 Å². The summed E-state index contributed by atoms with van der Waals surface area (Å²) in [6.07, 6.45) is 5.88. The molecule has 1 saturated heterocycles. The number of para-hydroxylation sites is 2. The van der Waals surface area contributed by atoms with E-state index >= 15 is 0 Å². The van der Waals surface area contributed by atoms with Gasteiger partial charge in [-0.1, -0.05) is 31.4 Å². The van der Waals surface area contributed by atoms with Crippen LogP contribution in [0.15, 0.2) is 29.6 Å². The highest BCUT2D eigenvalue weighted by Crippen LogP contribution is 2.29. The molecule has 1 aliphatic heterocycles. The maximum Gasteiger partial charge on any atom is 0.273 e. The molecule has 0 unspecified atom stereocenters. The van der Waals surface area contributed by atoms with Crippen LogP contribution in [-0.4, -0.2) is 72.5 Å². The summed E-state index contributed by atoms with van der Waals surface area (Å²) in [6.45, 7) is 2.99. The van der Waals surface area contributed by atoms with E-state index in [1.54, 1.807) is 12.5 Å². The molecule has 0 radical (unpaired) electrons. The van der Waals surface area contributed by atoms with E-state index in [9.17, 15) is 9.59 Å². The van der Waals surface area contributed by atoms with Crippen LogP contribution in [0.5, 0.6) is 5.75 Å². The van der Waals surface area contributed by atoms with E-state index in [1.807, 2.05) is 29.2 Å². The lowest BCUT2D eigenvalue weighted by Crippen LogP contribution is -2.52. The number of benzene rings is 1. The maximum absolute atomic E-state index is 12.9. The van der Waals surface area contributed by atoms with Crippen molar-refractivity contribution in [3.05, 3.63) is 35.3 Å².